The molecule has 2 unspecified atom stereocenters. The van der Waals surface area contributed by atoms with Gasteiger partial charge in [-0.15, -0.1) is 0 Å². The Balaban J connectivity index is 2.01. The van der Waals surface area contributed by atoms with Crippen LogP contribution in [0.2, 0.25) is 0 Å². The smallest absolute Gasteiger partial charge is 0.261 e. The van der Waals surface area contributed by atoms with Crippen LogP contribution in [0, 0.1) is 11.6 Å². The Hall–Kier alpha value is -2.01. The van der Waals surface area contributed by atoms with Crippen molar-refractivity contribution in [3.05, 3.63) is 78.4 Å². The van der Waals surface area contributed by atoms with E-state index in [-0.39, 0.29) is 10.6 Å². The largest absolute Gasteiger partial charge is 0.361 e. The summed E-state index contributed by atoms with van der Waals surface area (Å²) in [4.78, 5) is -0.0475. The molecule has 0 radical (unpaired) electrons. The molecule has 4 nitrogen and oxygen atoms in total. The Labute approximate surface area is 168 Å². The van der Waals surface area contributed by atoms with Gasteiger partial charge in [-0.1, -0.05) is 30.4 Å². The zero-order chi connectivity index (χ0) is 19.7. The third-order valence-corrected chi connectivity index (χ3v) is 6.45. The van der Waals surface area contributed by atoms with E-state index in [1.807, 2.05) is 0 Å². The van der Waals surface area contributed by atoms with E-state index < -0.39 is 37.1 Å². The van der Waals surface area contributed by atoms with E-state index in [1.54, 1.807) is 34.7 Å². The highest BCUT2D eigenvalue weighted by atomic mass is 127. The molecule has 0 saturated heterocycles. The van der Waals surface area contributed by atoms with Gasteiger partial charge in [-0.25, -0.2) is 21.6 Å². The zero-order valence-corrected chi connectivity index (χ0v) is 16.6. The van der Waals surface area contributed by atoms with Gasteiger partial charge in [0.2, 0.25) is 0 Å². The lowest BCUT2D eigenvalue weighted by Crippen LogP contribution is -2.40. The number of hydrogen-bond acceptors (Lipinski definition) is 3. The van der Waals surface area contributed by atoms with Crippen molar-refractivity contribution in [3.8, 4) is 0 Å². The lowest BCUT2D eigenvalue weighted by atomic mass is 10.1. The summed E-state index contributed by atoms with van der Waals surface area (Å²) in [5.74, 6) is -2.50. The molecule has 3 rings (SSSR count). The van der Waals surface area contributed by atoms with E-state index in [4.69, 9.17) is 0 Å². The number of sulfonamides is 1. The number of allylic oxidation sites excluding steroid dienone is 2. The van der Waals surface area contributed by atoms with E-state index in [9.17, 15) is 21.6 Å². The minimum absolute atomic E-state index is 0.0475. The molecule has 9 heteroatoms. The van der Waals surface area contributed by atoms with Crippen molar-refractivity contribution in [2.75, 3.05) is 10.0 Å². The van der Waals surface area contributed by atoms with Crippen molar-refractivity contribution in [2.45, 2.75) is 14.6 Å². The summed E-state index contributed by atoms with van der Waals surface area (Å²) in [6, 6.07) is 9.32. The normalized spacial score (nSPS) is 21.9. The zero-order valence-electron chi connectivity index (χ0n) is 13.7. The maximum atomic E-state index is 14.5. The molecule has 2 aromatic carbocycles. The second-order valence-corrected chi connectivity index (χ2v) is 9.21. The van der Waals surface area contributed by atoms with Crippen molar-refractivity contribution >= 4 is 44.0 Å². The molecule has 0 amide bonds. The third-order valence-electron chi connectivity index (χ3n) is 3.84. The molecule has 2 aromatic rings. The van der Waals surface area contributed by atoms with Crippen LogP contribution in [0.25, 0.3) is 0 Å². The quantitative estimate of drug-likeness (QED) is 0.349. The van der Waals surface area contributed by atoms with Crippen molar-refractivity contribution in [3.63, 3.8) is 0 Å². The van der Waals surface area contributed by atoms with E-state index >= 15 is 0 Å². The van der Waals surface area contributed by atoms with Crippen LogP contribution in [-0.2, 0) is 10.0 Å². The molecule has 1 aliphatic rings. The second kappa shape index (κ2) is 7.55. The fraction of sp³-hybridized carbons (Fsp3) is 0.111. The van der Waals surface area contributed by atoms with E-state index in [1.165, 1.54) is 42.5 Å². The van der Waals surface area contributed by atoms with Crippen molar-refractivity contribution < 1.29 is 21.6 Å². The van der Waals surface area contributed by atoms with Crippen LogP contribution in [0.4, 0.5) is 24.5 Å². The Kier molecular flexibility index (Phi) is 5.52. The summed E-state index contributed by atoms with van der Waals surface area (Å²) in [7, 11) is -4.05. The first kappa shape index (κ1) is 19.7. The second-order valence-electron chi connectivity index (χ2n) is 5.74. The van der Waals surface area contributed by atoms with Crippen LogP contribution in [0.1, 0.15) is 0 Å². The first-order valence-electron chi connectivity index (χ1n) is 7.76. The number of hydrogen-bond donors (Lipinski definition) is 2. The first-order valence-corrected chi connectivity index (χ1v) is 10.3. The molecule has 1 aliphatic carbocycles. The summed E-state index contributed by atoms with van der Waals surface area (Å²) in [5.41, 5.74) is -0.713. The molecule has 0 fully saturated rings. The van der Waals surface area contributed by atoms with Crippen LogP contribution in [0.3, 0.4) is 0 Å². The maximum Gasteiger partial charge on any atom is 0.261 e. The fourth-order valence-electron chi connectivity index (χ4n) is 2.45. The number of rotatable bonds is 5. The minimum atomic E-state index is -4.05. The highest BCUT2D eigenvalue weighted by Gasteiger charge is 2.36. The summed E-state index contributed by atoms with van der Waals surface area (Å²) in [6.07, 6.45) is 4.21. The van der Waals surface area contributed by atoms with Gasteiger partial charge in [0.05, 0.1) is 16.3 Å². The van der Waals surface area contributed by atoms with Gasteiger partial charge < -0.3 is 5.32 Å². The molecule has 0 heterocycles. The van der Waals surface area contributed by atoms with Crippen molar-refractivity contribution in [2.24, 2.45) is 0 Å². The molecule has 0 bridgehead atoms. The molecule has 2 N–H and O–H groups in total. The summed E-state index contributed by atoms with van der Waals surface area (Å²) < 4.78 is 68.4. The van der Waals surface area contributed by atoms with Gasteiger partial charge in [-0.05, 0) is 59.0 Å². The van der Waals surface area contributed by atoms with Crippen LogP contribution < -0.4 is 10.0 Å². The van der Waals surface area contributed by atoms with Gasteiger partial charge in [0.1, 0.15) is 3.55 Å². The van der Waals surface area contributed by atoms with Gasteiger partial charge in [0, 0.05) is 0 Å². The highest BCUT2D eigenvalue weighted by Crippen LogP contribution is 2.38. The maximum absolute atomic E-state index is 14.5. The first-order chi connectivity index (χ1) is 12.7. The van der Waals surface area contributed by atoms with Crippen LogP contribution in [0.15, 0.2) is 71.7 Å². The Morgan fingerprint density at radius 2 is 1.74 bits per heavy atom. The topological polar surface area (TPSA) is 58.2 Å². The Morgan fingerprint density at radius 1 is 1.04 bits per heavy atom. The van der Waals surface area contributed by atoms with Gasteiger partial charge in [0.25, 0.3) is 10.0 Å². The SMILES string of the molecule is O=S(=O)(Nc1ccc(F)c(F)c1NC1(I)C=CC=CC1F)c1ccccc1. The Bertz CT molecular complexity index is 1010. The molecule has 142 valence electrons. The lowest BCUT2D eigenvalue weighted by molar-refractivity contribution is 0.370. The fourth-order valence-corrected chi connectivity index (χ4v) is 4.23. The van der Waals surface area contributed by atoms with Crippen LogP contribution >= 0.6 is 22.6 Å². The lowest BCUT2D eigenvalue weighted by Gasteiger charge is -2.31. The predicted octanol–water partition coefficient (Wildman–Crippen LogP) is 4.77. The molecule has 0 saturated carbocycles. The van der Waals surface area contributed by atoms with Crippen LogP contribution in [-0.4, -0.2) is 18.1 Å². The number of anilines is 2. The number of benzene rings is 2. The summed E-state index contributed by atoms with van der Waals surface area (Å²) in [6.45, 7) is 0. The molecular weight excluding hydrogens is 492 g/mol. The van der Waals surface area contributed by atoms with Crippen molar-refractivity contribution in [1.82, 2.24) is 0 Å². The van der Waals surface area contributed by atoms with E-state index in [0.717, 1.165) is 12.1 Å². The monoisotopic (exact) mass is 506 g/mol. The van der Waals surface area contributed by atoms with Gasteiger partial charge in [-0.2, -0.15) is 0 Å². The summed E-state index contributed by atoms with van der Waals surface area (Å²) in [5, 5.41) is 2.59. The predicted molar refractivity (Wildman–Crippen MR) is 107 cm³/mol. The standard InChI is InChI=1S/C18H14F3IN2O2S/c19-13-9-10-14(24-27(25,26)12-6-2-1-3-7-12)17(16(13)21)23-18(22)11-5-4-8-15(18)20/h1-11,15,23-24H. The third kappa shape index (κ3) is 4.13. The van der Waals surface area contributed by atoms with E-state index in [0.29, 0.717) is 0 Å². The van der Waals surface area contributed by atoms with Crippen LogP contribution in [0.5, 0.6) is 0 Å². The molecule has 0 aliphatic heterocycles. The van der Waals surface area contributed by atoms with Gasteiger partial charge in [0.15, 0.2) is 17.8 Å². The van der Waals surface area contributed by atoms with Crippen molar-refractivity contribution in [1.29, 1.82) is 0 Å². The average Bonchev–Trinajstić information content (AvgIpc) is 2.65. The van der Waals surface area contributed by atoms with Gasteiger partial charge in [-0.3, -0.25) is 4.72 Å². The van der Waals surface area contributed by atoms with Gasteiger partial charge >= 0.3 is 0 Å². The Morgan fingerprint density at radius 3 is 2.41 bits per heavy atom. The molecule has 0 spiro atoms. The molecule has 27 heavy (non-hydrogen) atoms. The summed E-state index contributed by atoms with van der Waals surface area (Å²) >= 11 is 1.72. The highest BCUT2D eigenvalue weighted by molar-refractivity contribution is 14.1. The number of halogens is 4. The number of alkyl halides is 2. The van der Waals surface area contributed by atoms with E-state index in [2.05, 4.69) is 10.0 Å². The molecule has 0 aromatic heterocycles. The minimum Gasteiger partial charge on any atom is -0.361 e. The molecular formula is C18H14F3IN2O2S. The molecule has 2 atom stereocenters. The number of nitrogens with one attached hydrogen (secondary N) is 2. The average molecular weight is 506 g/mol.